The maximum atomic E-state index is 2.39. The Bertz CT molecular complexity index is 2280. The molecule has 0 bridgehead atoms. The van der Waals surface area contributed by atoms with Crippen molar-refractivity contribution >= 4 is 30.8 Å². The van der Waals surface area contributed by atoms with Gasteiger partial charge in [-0.1, -0.05) is 0 Å². The summed E-state index contributed by atoms with van der Waals surface area (Å²) in [6.45, 7) is 0. The Balaban J connectivity index is 0.00000171. The van der Waals surface area contributed by atoms with Crippen LogP contribution in [0.15, 0.2) is 152 Å². The number of hydrogen-bond acceptors (Lipinski definition) is 0. The van der Waals surface area contributed by atoms with Gasteiger partial charge in [-0.2, -0.15) is 0 Å². The molecule has 44 heavy (non-hydrogen) atoms. The van der Waals surface area contributed by atoms with E-state index in [2.05, 4.69) is 152 Å². The first-order valence-electron chi connectivity index (χ1n) is 14.5. The predicted octanol–water partition coefficient (Wildman–Crippen LogP) is 2.27. The van der Waals surface area contributed by atoms with Crippen LogP contribution in [0.4, 0.5) is 0 Å². The monoisotopic (exact) mass is 679 g/mol. The molecule has 0 aliphatic heterocycles. The van der Waals surface area contributed by atoms with Crippen LogP contribution in [-0.2, 0) is 24.7 Å². The van der Waals surface area contributed by atoms with Gasteiger partial charge in [-0.3, -0.25) is 0 Å². The van der Waals surface area contributed by atoms with Crippen LogP contribution in [-0.4, -0.2) is 0 Å². The second kappa shape index (κ2) is 12.7. The average Bonchev–Trinajstić information content (AvgIpc) is 3.65. The average molecular weight is 682 g/mol. The minimum absolute atomic E-state index is 0. The third kappa shape index (κ3) is 5.08. The number of halogens is 2. The Morgan fingerprint density at radius 2 is 1.14 bits per heavy atom. The van der Waals surface area contributed by atoms with Crippen LogP contribution in [0.5, 0.6) is 0 Å². The fourth-order valence-corrected chi connectivity index (χ4v) is 7.91. The molecule has 0 unspecified atom stereocenters. The van der Waals surface area contributed by atoms with Crippen LogP contribution < -0.4 is 35.3 Å². The Morgan fingerprint density at radius 1 is 0.523 bits per heavy atom. The van der Waals surface area contributed by atoms with Crippen molar-refractivity contribution < 1.29 is 49.5 Å². The number of allylic oxidation sites excluding steroid dienone is 4. The van der Waals surface area contributed by atoms with E-state index in [0.29, 0.717) is 0 Å². The number of benzene rings is 6. The summed E-state index contributed by atoms with van der Waals surface area (Å²) in [6, 6.07) is 51.1. The summed E-state index contributed by atoms with van der Waals surface area (Å²) in [4.78, 5) is 0. The van der Waals surface area contributed by atoms with Gasteiger partial charge >= 0.3 is 262 Å². The Labute approximate surface area is 285 Å². The fourth-order valence-electron chi connectivity index (χ4n) is 6.74. The fraction of sp³-hybridized carbons (Fsp3) is 0.0244. The second-order valence-electron chi connectivity index (χ2n) is 11.0. The molecule has 8 rings (SSSR count). The SMILES string of the molecule is [Cl-].[Cl-].[Zr+2][C]1=c2ccccc2=c2ccc(=C(c3ccccc3)c3ccccc3)c(C3=C(c4ccc5ccccc5c4)C=CC3)c21. The van der Waals surface area contributed by atoms with Gasteiger partial charge in [0.25, 0.3) is 0 Å². The van der Waals surface area contributed by atoms with Crippen LogP contribution >= 0.6 is 0 Å². The summed E-state index contributed by atoms with van der Waals surface area (Å²) >= 11 is 1.44. The number of fused-ring (bicyclic) bond motifs is 3. The molecular formula is C41H27Cl2Zr. The van der Waals surface area contributed by atoms with Crippen LogP contribution in [0, 0.1) is 10.4 Å². The Hall–Kier alpha value is -3.74. The van der Waals surface area contributed by atoms with Crippen LogP contribution in [0.2, 0.25) is 0 Å². The van der Waals surface area contributed by atoms with E-state index < -0.39 is 0 Å². The van der Waals surface area contributed by atoms with Crippen LogP contribution in [0.3, 0.4) is 0 Å². The number of hydrogen-bond donors (Lipinski definition) is 0. The van der Waals surface area contributed by atoms with Crippen molar-refractivity contribution in [3.8, 4) is 0 Å². The quantitative estimate of drug-likeness (QED) is 0.268. The van der Waals surface area contributed by atoms with E-state index in [1.807, 2.05) is 0 Å². The molecule has 0 aromatic heterocycles. The molecule has 209 valence electrons. The molecule has 0 fully saturated rings. The first-order valence-corrected chi connectivity index (χ1v) is 15.7. The third-order valence-electron chi connectivity index (χ3n) is 8.63. The van der Waals surface area contributed by atoms with E-state index in [1.165, 1.54) is 104 Å². The molecule has 0 spiro atoms. The second-order valence-corrected chi connectivity index (χ2v) is 12.2. The number of rotatable bonds is 4. The van der Waals surface area contributed by atoms with E-state index >= 15 is 0 Å². The zero-order chi connectivity index (χ0) is 28.0. The molecule has 0 saturated carbocycles. The molecule has 0 N–H and O–H groups in total. The molecule has 2 aliphatic rings. The molecule has 0 amide bonds. The predicted molar refractivity (Wildman–Crippen MR) is 171 cm³/mol. The molecule has 0 saturated heterocycles. The van der Waals surface area contributed by atoms with E-state index in [0.717, 1.165) is 6.42 Å². The normalized spacial score (nSPS) is 12.9. The maximum absolute atomic E-state index is 2.39. The molecule has 0 heterocycles. The minimum atomic E-state index is 0. The molecule has 2 aliphatic carbocycles. The van der Waals surface area contributed by atoms with Crippen molar-refractivity contribution in [2.45, 2.75) is 6.42 Å². The summed E-state index contributed by atoms with van der Waals surface area (Å²) in [5, 5.41) is 7.95. The van der Waals surface area contributed by atoms with Gasteiger partial charge < -0.3 is 24.8 Å². The van der Waals surface area contributed by atoms with Crippen LogP contribution in [0.25, 0.3) is 30.8 Å². The molecule has 0 atom stereocenters. The standard InChI is InChI=1S/C41H27.2ClH.Zr/c1-3-13-29(14-4-1)40(30-15-5-2-6-16-30)38-25-24-36-34-19-10-9-18-32(34)27-39(36)41(38)37-21-11-20-35(37)33-23-22-28-12-7-8-17-31(28)26-33;;;/h1-20,22-26H,21H2;2*1H;/q;;;+2/p-2. The van der Waals surface area contributed by atoms with Gasteiger partial charge in [0.05, 0.1) is 0 Å². The van der Waals surface area contributed by atoms with Gasteiger partial charge in [0.2, 0.25) is 0 Å². The molecule has 0 radical (unpaired) electrons. The van der Waals surface area contributed by atoms with Crippen molar-refractivity contribution in [1.29, 1.82) is 0 Å². The van der Waals surface area contributed by atoms with E-state index in [4.69, 9.17) is 0 Å². The van der Waals surface area contributed by atoms with Crippen molar-refractivity contribution in [2.24, 2.45) is 0 Å². The Kier molecular flexibility index (Phi) is 8.75. The first kappa shape index (κ1) is 30.3. The Morgan fingerprint density at radius 3 is 1.84 bits per heavy atom. The summed E-state index contributed by atoms with van der Waals surface area (Å²) in [7, 11) is 0. The van der Waals surface area contributed by atoms with Crippen molar-refractivity contribution in [1.82, 2.24) is 0 Å². The van der Waals surface area contributed by atoms with Gasteiger partial charge in [0.1, 0.15) is 0 Å². The summed E-state index contributed by atoms with van der Waals surface area (Å²) in [5.41, 5.74) is 10.6. The molecule has 6 aromatic rings. The molecule has 0 nitrogen and oxygen atoms in total. The van der Waals surface area contributed by atoms with Gasteiger partial charge in [0.15, 0.2) is 0 Å². The summed E-state index contributed by atoms with van der Waals surface area (Å²) in [5.74, 6) is 0. The summed E-state index contributed by atoms with van der Waals surface area (Å²) in [6.07, 6.45) is 5.61. The summed E-state index contributed by atoms with van der Waals surface area (Å²) < 4.78 is 1.45. The first-order chi connectivity index (χ1) is 20.8. The van der Waals surface area contributed by atoms with Gasteiger partial charge in [-0.15, -0.1) is 0 Å². The van der Waals surface area contributed by atoms with Crippen LogP contribution in [0.1, 0.15) is 34.2 Å². The zero-order valence-corrected chi connectivity index (χ0v) is 27.9. The molecular weight excluding hydrogens is 655 g/mol. The van der Waals surface area contributed by atoms with E-state index in [1.54, 1.807) is 0 Å². The van der Waals surface area contributed by atoms with Crippen molar-refractivity contribution in [2.75, 3.05) is 0 Å². The van der Waals surface area contributed by atoms with Crippen molar-refractivity contribution in [3.63, 3.8) is 0 Å². The van der Waals surface area contributed by atoms with E-state index in [-0.39, 0.29) is 24.8 Å². The van der Waals surface area contributed by atoms with Crippen molar-refractivity contribution in [3.05, 3.63) is 200 Å². The van der Waals surface area contributed by atoms with Gasteiger partial charge in [0, 0.05) is 0 Å². The van der Waals surface area contributed by atoms with E-state index in [9.17, 15) is 0 Å². The molecule has 3 heteroatoms. The molecule has 6 aromatic carbocycles. The zero-order valence-electron chi connectivity index (χ0n) is 23.9. The topological polar surface area (TPSA) is 0 Å². The van der Waals surface area contributed by atoms with Gasteiger partial charge in [-0.05, 0) is 0 Å². The van der Waals surface area contributed by atoms with Gasteiger partial charge in [-0.25, -0.2) is 0 Å². The third-order valence-corrected chi connectivity index (χ3v) is 9.91.